The predicted molar refractivity (Wildman–Crippen MR) is 172 cm³/mol. The highest BCUT2D eigenvalue weighted by Gasteiger charge is 2.48. The van der Waals surface area contributed by atoms with E-state index in [1.54, 1.807) is 18.2 Å². The third-order valence-corrected chi connectivity index (χ3v) is 11.0. The minimum atomic E-state index is -3.84. The lowest BCUT2D eigenvalue weighted by molar-refractivity contribution is -0.117. The Hall–Kier alpha value is -3.36. The summed E-state index contributed by atoms with van der Waals surface area (Å²) in [5.41, 5.74) is 3.62. The summed E-state index contributed by atoms with van der Waals surface area (Å²) in [4.78, 5) is 26.2. The molecule has 0 amide bonds. The smallest absolute Gasteiger partial charge is 0.261 e. The van der Waals surface area contributed by atoms with Crippen molar-refractivity contribution in [3.63, 3.8) is 0 Å². The number of thioether (sulfide) groups is 1. The first-order chi connectivity index (χ1) is 19.8. The molecule has 3 unspecified atom stereocenters. The molecule has 3 aromatic rings. The number of ketones is 1. The van der Waals surface area contributed by atoms with Crippen LogP contribution in [0.15, 0.2) is 89.8 Å². The highest BCUT2D eigenvalue weighted by Crippen LogP contribution is 2.48. The first kappa shape index (κ1) is 30.1. The topological polar surface area (TPSA) is 92.3 Å². The van der Waals surface area contributed by atoms with Crippen LogP contribution in [0, 0.1) is 5.92 Å². The van der Waals surface area contributed by atoms with Gasteiger partial charge in [0.15, 0.2) is 10.9 Å². The molecule has 0 bridgehead atoms. The SMILES string of the molecule is C=C(CCC1CCSC1=O)C(=O)C1Nc2ccc(NS(=O)(=O)c3ccc(C(C)(C)C)cc3)cc2C1(C)c1ccccc1. The second-order valence-electron chi connectivity index (χ2n) is 12.4. The molecule has 220 valence electrons. The molecule has 0 aromatic heterocycles. The van der Waals surface area contributed by atoms with E-state index < -0.39 is 21.5 Å². The predicted octanol–water partition coefficient (Wildman–Crippen LogP) is 7.07. The Morgan fingerprint density at radius 2 is 1.76 bits per heavy atom. The molecule has 0 aliphatic carbocycles. The Kier molecular flexibility index (Phi) is 8.16. The van der Waals surface area contributed by atoms with E-state index in [-0.39, 0.29) is 27.1 Å². The van der Waals surface area contributed by atoms with Gasteiger partial charge in [0.1, 0.15) is 6.04 Å². The van der Waals surface area contributed by atoms with E-state index >= 15 is 0 Å². The minimum Gasteiger partial charge on any atom is -0.374 e. The summed E-state index contributed by atoms with van der Waals surface area (Å²) in [6, 6.07) is 21.4. The molecule has 6 nitrogen and oxygen atoms in total. The maximum atomic E-state index is 13.9. The van der Waals surface area contributed by atoms with E-state index in [2.05, 4.69) is 37.4 Å². The van der Waals surface area contributed by atoms with Crippen molar-refractivity contribution in [1.82, 2.24) is 0 Å². The molecule has 0 saturated carbocycles. The summed E-state index contributed by atoms with van der Waals surface area (Å²) in [5, 5.41) is 3.63. The molecule has 2 heterocycles. The summed E-state index contributed by atoms with van der Waals surface area (Å²) in [5.74, 6) is 0.717. The average Bonchev–Trinajstić information content (AvgIpc) is 3.51. The van der Waals surface area contributed by atoms with Gasteiger partial charge in [-0.3, -0.25) is 14.3 Å². The largest absolute Gasteiger partial charge is 0.374 e. The van der Waals surface area contributed by atoms with Crippen molar-refractivity contribution in [3.05, 3.63) is 102 Å². The van der Waals surface area contributed by atoms with Gasteiger partial charge in [0.05, 0.1) is 4.90 Å². The summed E-state index contributed by atoms with van der Waals surface area (Å²) >= 11 is 1.37. The van der Waals surface area contributed by atoms with Gasteiger partial charge in [0.25, 0.3) is 10.0 Å². The zero-order valence-corrected chi connectivity index (χ0v) is 26.2. The molecule has 8 heteroatoms. The van der Waals surface area contributed by atoms with Crippen LogP contribution >= 0.6 is 11.8 Å². The number of hydrogen-bond acceptors (Lipinski definition) is 6. The van der Waals surface area contributed by atoms with E-state index in [1.165, 1.54) is 11.8 Å². The number of carbonyl (C=O) groups excluding carboxylic acids is 2. The lowest BCUT2D eigenvalue weighted by Gasteiger charge is -2.32. The second-order valence-corrected chi connectivity index (χ2v) is 15.2. The fraction of sp³-hybridized carbons (Fsp3) is 0.353. The number of nitrogens with one attached hydrogen (secondary N) is 2. The van der Waals surface area contributed by atoms with E-state index in [0.29, 0.717) is 24.1 Å². The molecule has 2 N–H and O–H groups in total. The average molecular weight is 603 g/mol. The van der Waals surface area contributed by atoms with E-state index in [4.69, 9.17) is 0 Å². The van der Waals surface area contributed by atoms with E-state index in [1.807, 2.05) is 61.5 Å². The van der Waals surface area contributed by atoms with Gasteiger partial charge in [-0.1, -0.05) is 81.6 Å². The number of rotatable bonds is 9. The fourth-order valence-corrected chi connectivity index (χ4v) is 8.00. The highest BCUT2D eigenvalue weighted by atomic mass is 32.2. The Balaban J connectivity index is 1.43. The van der Waals surface area contributed by atoms with Crippen LogP contribution in [0.1, 0.15) is 63.6 Å². The van der Waals surface area contributed by atoms with Gasteiger partial charge < -0.3 is 5.32 Å². The summed E-state index contributed by atoms with van der Waals surface area (Å²) in [6.07, 6.45) is 1.94. The van der Waals surface area contributed by atoms with Crippen LogP contribution in [-0.2, 0) is 30.4 Å². The Bertz CT molecular complexity index is 1630. The van der Waals surface area contributed by atoms with Gasteiger partial charge in [0, 0.05) is 28.5 Å². The van der Waals surface area contributed by atoms with Crippen molar-refractivity contribution >= 4 is 44.1 Å². The molecule has 0 radical (unpaired) electrons. The minimum absolute atomic E-state index is 0.0194. The fourth-order valence-electron chi connectivity index (χ4n) is 5.88. The van der Waals surface area contributed by atoms with Gasteiger partial charge in [-0.2, -0.15) is 0 Å². The molecule has 3 aromatic carbocycles. The molecule has 0 spiro atoms. The van der Waals surface area contributed by atoms with Crippen LogP contribution in [0.3, 0.4) is 0 Å². The lowest BCUT2D eigenvalue weighted by atomic mass is 9.70. The van der Waals surface area contributed by atoms with Crippen molar-refractivity contribution in [3.8, 4) is 0 Å². The highest BCUT2D eigenvalue weighted by molar-refractivity contribution is 8.14. The van der Waals surface area contributed by atoms with Crippen molar-refractivity contribution < 1.29 is 18.0 Å². The Morgan fingerprint density at radius 3 is 2.38 bits per heavy atom. The maximum absolute atomic E-state index is 13.9. The third kappa shape index (κ3) is 5.79. The molecule has 1 saturated heterocycles. The molecule has 5 rings (SSSR count). The van der Waals surface area contributed by atoms with Crippen LogP contribution in [0.4, 0.5) is 11.4 Å². The van der Waals surface area contributed by atoms with Gasteiger partial charge in [-0.05, 0) is 84.2 Å². The summed E-state index contributed by atoms with van der Waals surface area (Å²) < 4.78 is 29.4. The zero-order chi connectivity index (χ0) is 30.3. The first-order valence-corrected chi connectivity index (χ1v) is 16.8. The quantitative estimate of drug-likeness (QED) is 0.255. The normalized spacial score (nSPS) is 22.0. The number of benzene rings is 3. The number of hydrogen-bond donors (Lipinski definition) is 2. The maximum Gasteiger partial charge on any atom is 0.261 e. The van der Waals surface area contributed by atoms with Gasteiger partial charge >= 0.3 is 0 Å². The van der Waals surface area contributed by atoms with E-state index in [9.17, 15) is 18.0 Å². The van der Waals surface area contributed by atoms with Crippen LogP contribution < -0.4 is 10.0 Å². The zero-order valence-electron chi connectivity index (χ0n) is 24.6. The van der Waals surface area contributed by atoms with Gasteiger partial charge in [-0.15, -0.1) is 0 Å². The number of fused-ring (bicyclic) bond motifs is 1. The van der Waals surface area contributed by atoms with E-state index in [0.717, 1.165) is 34.6 Å². The Morgan fingerprint density at radius 1 is 1.07 bits per heavy atom. The third-order valence-electron chi connectivity index (χ3n) is 8.56. The molecule has 1 fully saturated rings. The van der Waals surface area contributed by atoms with Crippen molar-refractivity contribution in [2.24, 2.45) is 5.92 Å². The summed E-state index contributed by atoms with van der Waals surface area (Å²) in [6.45, 7) is 12.4. The van der Waals surface area contributed by atoms with Crippen LogP contribution in [0.5, 0.6) is 0 Å². The molecular weight excluding hydrogens is 565 g/mol. The molecule has 3 atom stereocenters. The van der Waals surface area contributed by atoms with Crippen LogP contribution in [0.2, 0.25) is 0 Å². The monoisotopic (exact) mass is 602 g/mol. The number of Topliss-reactive ketones (excluding diaryl/α,β-unsaturated/α-hetero) is 1. The number of carbonyl (C=O) groups is 2. The molecule has 42 heavy (non-hydrogen) atoms. The van der Waals surface area contributed by atoms with Crippen molar-refractivity contribution in [2.45, 2.75) is 68.7 Å². The Labute approximate surface area is 253 Å². The standard InChI is InChI=1S/C34H38N2O4S2/c1-22(11-12-23-19-20-41-32(23)38)30(37)31-34(5,25-9-7-6-8-10-25)28-21-26(15-18-29(28)35-31)36-42(39,40)27-16-13-24(14-17-27)33(2,3)4/h6-10,13-18,21,23,31,35-36H,1,11-12,19-20H2,2-5H3. The summed E-state index contributed by atoms with van der Waals surface area (Å²) in [7, 11) is -3.84. The molecule has 2 aliphatic heterocycles. The van der Waals surface area contributed by atoms with Gasteiger partial charge in [-0.25, -0.2) is 8.42 Å². The number of sulfonamides is 1. The first-order valence-electron chi connectivity index (χ1n) is 14.3. The number of anilines is 2. The van der Waals surface area contributed by atoms with Crippen molar-refractivity contribution in [1.29, 1.82) is 0 Å². The van der Waals surface area contributed by atoms with Crippen LogP contribution in [0.25, 0.3) is 0 Å². The lowest BCUT2D eigenvalue weighted by Crippen LogP contribution is -2.44. The van der Waals surface area contributed by atoms with Crippen molar-refractivity contribution in [2.75, 3.05) is 15.8 Å². The molecular formula is C34H38N2O4S2. The molecule has 2 aliphatic rings. The van der Waals surface area contributed by atoms with Crippen LogP contribution in [-0.4, -0.2) is 31.1 Å². The second kappa shape index (κ2) is 11.4. The van der Waals surface area contributed by atoms with Gasteiger partial charge in [0.2, 0.25) is 0 Å².